The molecule has 6 heteroatoms. The molecule has 0 bridgehead atoms. The molecule has 0 saturated heterocycles. The third-order valence-electron chi connectivity index (χ3n) is 16.2. The normalized spacial score (nSPS) is 12.6. The topological polar surface area (TPSA) is 62.9 Å². The highest BCUT2D eigenvalue weighted by Gasteiger charge is 2.32. The van der Waals surface area contributed by atoms with Gasteiger partial charge in [-0.2, -0.15) is 10.5 Å². The number of anilines is 6. The molecule has 6 nitrogen and oxygen atoms in total. The quantitative estimate of drug-likeness (QED) is 0.152. The zero-order valence-corrected chi connectivity index (χ0v) is 45.0. The molecular weight excluding hydrogens is 925 g/mol. The number of hydrogen-bond acceptors (Lipinski definition) is 4. The number of benzene rings is 9. The number of rotatable bonds is 8. The van der Waals surface area contributed by atoms with E-state index >= 15 is 0 Å². The van der Waals surface area contributed by atoms with E-state index in [1.165, 1.54) is 98.4 Å². The Labute approximate surface area is 444 Å². The molecule has 0 amide bonds. The lowest BCUT2D eigenvalue weighted by molar-refractivity contribution is 0.594. The van der Waals surface area contributed by atoms with Crippen LogP contribution in [0.15, 0.2) is 170 Å². The maximum atomic E-state index is 9.89. The highest BCUT2D eigenvalue weighted by molar-refractivity contribution is 6.32. The van der Waals surface area contributed by atoms with Crippen LogP contribution in [0.3, 0.4) is 0 Å². The summed E-state index contributed by atoms with van der Waals surface area (Å²) in [5.74, 6) is 0.800. The molecule has 0 unspecified atom stereocenters. The van der Waals surface area contributed by atoms with Crippen molar-refractivity contribution in [1.29, 1.82) is 10.5 Å². The first-order chi connectivity index (χ1) is 36.5. The van der Waals surface area contributed by atoms with Crippen LogP contribution in [-0.2, 0) is 10.8 Å². The van der Waals surface area contributed by atoms with Gasteiger partial charge in [0.05, 0.1) is 67.7 Å². The molecular formula is C70H60N6. The second kappa shape index (κ2) is 16.8. The van der Waals surface area contributed by atoms with E-state index in [0.717, 1.165) is 34.1 Å². The number of aromatic nitrogens is 2. The molecule has 4 aromatic heterocycles. The summed E-state index contributed by atoms with van der Waals surface area (Å²) in [5.41, 5.74) is 19.6. The van der Waals surface area contributed by atoms with Crippen LogP contribution in [0.1, 0.15) is 114 Å². The number of hydrogen-bond donors (Lipinski definition) is 0. The summed E-state index contributed by atoms with van der Waals surface area (Å²) in [7, 11) is 0. The SMILES string of the molecule is CC(C)c1ccc(N(c2ccc(C#N)cc2)c2ccc3c4cc5c(cc4n4c6c(C(C)(C)C)cccc6c2c34)c2ccc(N(c3ccc(C#N)cc3)c3ccc(C(C)C)cc3)c3c4cccc(C(C)(C)C)c4n5c23)cc1. The first-order valence-electron chi connectivity index (χ1n) is 26.8. The second-order valence-corrected chi connectivity index (χ2v) is 23.7. The lowest BCUT2D eigenvalue weighted by Crippen LogP contribution is -2.12. The maximum Gasteiger partial charge on any atom is 0.0991 e. The molecule has 0 spiro atoms. The van der Waals surface area contributed by atoms with Gasteiger partial charge in [0.2, 0.25) is 0 Å². The average molecular weight is 985 g/mol. The van der Waals surface area contributed by atoms with Crippen LogP contribution in [-0.4, -0.2) is 8.80 Å². The third-order valence-corrected chi connectivity index (χ3v) is 16.2. The van der Waals surface area contributed by atoms with Gasteiger partial charge >= 0.3 is 0 Å². The Hall–Kier alpha value is -8.84. The van der Waals surface area contributed by atoms with E-state index < -0.39 is 0 Å². The lowest BCUT2D eigenvalue weighted by Gasteiger charge is -2.27. The minimum absolute atomic E-state index is 0.162. The molecule has 13 rings (SSSR count). The fourth-order valence-electron chi connectivity index (χ4n) is 12.5. The van der Waals surface area contributed by atoms with Gasteiger partial charge in [-0.05, 0) is 142 Å². The van der Waals surface area contributed by atoms with Crippen LogP contribution >= 0.6 is 0 Å². The smallest absolute Gasteiger partial charge is 0.0991 e. The minimum atomic E-state index is -0.162. The van der Waals surface area contributed by atoms with Gasteiger partial charge in [-0.15, -0.1) is 0 Å². The fourth-order valence-corrected chi connectivity index (χ4v) is 12.5. The summed E-state index contributed by atoms with van der Waals surface area (Å²) >= 11 is 0. The van der Waals surface area contributed by atoms with Gasteiger partial charge in [-0.3, -0.25) is 0 Å². The Kier molecular flexibility index (Phi) is 10.4. The molecule has 76 heavy (non-hydrogen) atoms. The molecule has 0 fully saturated rings. The number of para-hydroxylation sites is 2. The minimum Gasteiger partial charge on any atom is -0.310 e. The Balaban J connectivity index is 1.16. The number of fused-ring (bicyclic) bond motifs is 12. The lowest BCUT2D eigenvalue weighted by atomic mass is 9.85. The second-order valence-electron chi connectivity index (χ2n) is 23.7. The highest BCUT2D eigenvalue weighted by Crippen LogP contribution is 2.53. The predicted octanol–water partition coefficient (Wildman–Crippen LogP) is 19.5. The van der Waals surface area contributed by atoms with Gasteiger partial charge < -0.3 is 18.6 Å². The van der Waals surface area contributed by atoms with Crippen molar-refractivity contribution in [2.45, 2.75) is 91.9 Å². The van der Waals surface area contributed by atoms with E-state index in [2.05, 4.69) is 246 Å². The standard InChI is InChI=1S/C70H60N6/c1-41(2)45-21-29-49(30-22-45)73(47-25-17-43(39-71)18-26-47)59-35-33-51-55-37-62-56(38-61(55)75-65-53(63(59)67(51)75)13-11-15-57(65)69(5,6)7)52-34-36-60(64-54-14-12-16-58(70(8,9)10)66(54)76(62)68(52)64)74(48-27-19-44(40-72)20-28-48)50-31-23-46(24-32-50)42(3)4/h11-38,41-42H,1-10H3. The van der Waals surface area contributed by atoms with Crippen molar-refractivity contribution < 1.29 is 0 Å². The number of nitrogens with zero attached hydrogens (tertiary/aromatic N) is 6. The van der Waals surface area contributed by atoms with Crippen LogP contribution in [0.5, 0.6) is 0 Å². The van der Waals surface area contributed by atoms with Crippen molar-refractivity contribution in [2.24, 2.45) is 0 Å². The fraction of sp³-hybridized carbons (Fsp3) is 0.200. The van der Waals surface area contributed by atoms with Gasteiger partial charge in [0, 0.05) is 65.8 Å². The predicted molar refractivity (Wildman–Crippen MR) is 320 cm³/mol. The molecule has 0 atom stereocenters. The van der Waals surface area contributed by atoms with Gasteiger partial charge in [0.1, 0.15) is 0 Å². The summed E-state index contributed by atoms with van der Waals surface area (Å²) < 4.78 is 5.17. The summed E-state index contributed by atoms with van der Waals surface area (Å²) in [6, 6.07) is 66.8. The summed E-state index contributed by atoms with van der Waals surface area (Å²) in [6.07, 6.45) is 0. The van der Waals surface area contributed by atoms with Gasteiger partial charge in [-0.1, -0.05) is 142 Å². The molecule has 0 saturated carbocycles. The van der Waals surface area contributed by atoms with Crippen molar-refractivity contribution in [2.75, 3.05) is 9.80 Å². The highest BCUT2D eigenvalue weighted by atomic mass is 15.2. The van der Waals surface area contributed by atoms with Crippen molar-refractivity contribution >= 4 is 110 Å². The van der Waals surface area contributed by atoms with Crippen LogP contribution in [0, 0.1) is 22.7 Å². The van der Waals surface area contributed by atoms with E-state index in [1.807, 2.05) is 24.3 Å². The molecule has 0 aliphatic carbocycles. The monoisotopic (exact) mass is 984 g/mol. The summed E-state index contributed by atoms with van der Waals surface area (Å²) in [5, 5.41) is 29.4. The van der Waals surface area contributed by atoms with Crippen LogP contribution in [0.4, 0.5) is 34.1 Å². The van der Waals surface area contributed by atoms with Crippen molar-refractivity contribution in [3.8, 4) is 12.1 Å². The maximum absolute atomic E-state index is 9.89. The molecule has 0 radical (unpaired) electrons. The Morgan fingerprint density at radius 1 is 0.382 bits per heavy atom. The Morgan fingerprint density at radius 2 is 0.724 bits per heavy atom. The largest absolute Gasteiger partial charge is 0.310 e. The van der Waals surface area contributed by atoms with Crippen LogP contribution < -0.4 is 9.80 Å². The molecule has 13 aromatic rings. The van der Waals surface area contributed by atoms with Gasteiger partial charge in [-0.25, -0.2) is 0 Å². The van der Waals surface area contributed by atoms with Crippen molar-refractivity contribution in [3.05, 3.63) is 203 Å². The van der Waals surface area contributed by atoms with E-state index in [-0.39, 0.29) is 10.8 Å². The molecule has 0 aliphatic rings. The van der Waals surface area contributed by atoms with E-state index in [1.54, 1.807) is 0 Å². The van der Waals surface area contributed by atoms with Crippen molar-refractivity contribution in [3.63, 3.8) is 0 Å². The van der Waals surface area contributed by atoms with Crippen LogP contribution in [0.2, 0.25) is 0 Å². The summed E-state index contributed by atoms with van der Waals surface area (Å²) in [4.78, 5) is 4.76. The molecule has 370 valence electrons. The van der Waals surface area contributed by atoms with Crippen LogP contribution in [0.25, 0.3) is 76.2 Å². The summed E-state index contributed by atoms with van der Waals surface area (Å²) in [6.45, 7) is 22.9. The average Bonchev–Trinajstić information content (AvgIpc) is 4.07. The first kappa shape index (κ1) is 46.9. The zero-order valence-electron chi connectivity index (χ0n) is 45.0. The molecule has 0 N–H and O–H groups in total. The van der Waals surface area contributed by atoms with E-state index in [4.69, 9.17) is 0 Å². The van der Waals surface area contributed by atoms with E-state index in [9.17, 15) is 10.5 Å². The van der Waals surface area contributed by atoms with Gasteiger partial charge in [0.15, 0.2) is 0 Å². The number of nitriles is 2. The van der Waals surface area contributed by atoms with Gasteiger partial charge in [0.25, 0.3) is 0 Å². The Bertz CT molecular complexity index is 4230. The molecule has 4 heterocycles. The molecule has 0 aliphatic heterocycles. The molecule has 9 aromatic carbocycles. The first-order valence-corrected chi connectivity index (χ1v) is 26.8. The van der Waals surface area contributed by atoms with E-state index in [0.29, 0.717) is 23.0 Å². The van der Waals surface area contributed by atoms with Crippen molar-refractivity contribution in [1.82, 2.24) is 8.80 Å². The Morgan fingerprint density at radius 3 is 1.04 bits per heavy atom. The zero-order chi connectivity index (χ0) is 52.7. The third kappa shape index (κ3) is 6.90.